The second kappa shape index (κ2) is 8.86. The number of nitrogens with zero attached hydrogens (tertiary/aromatic N) is 2. The molecule has 0 saturated heterocycles. The van der Waals surface area contributed by atoms with Gasteiger partial charge in [-0.15, -0.1) is 22.7 Å². The lowest BCUT2D eigenvalue weighted by Crippen LogP contribution is -2.01. The van der Waals surface area contributed by atoms with Gasteiger partial charge in [0.2, 0.25) is 0 Å². The minimum atomic E-state index is -0.432. The monoisotopic (exact) mass is 486 g/mol. The maximum atomic E-state index is 12.0. The van der Waals surface area contributed by atoms with Crippen LogP contribution in [0.15, 0.2) is 58.4 Å². The highest BCUT2D eigenvalue weighted by Crippen LogP contribution is 2.34. The van der Waals surface area contributed by atoms with Gasteiger partial charge < -0.3 is 9.47 Å². The third-order valence-corrected chi connectivity index (χ3v) is 6.40. The van der Waals surface area contributed by atoms with Crippen LogP contribution in [0.25, 0.3) is 26.9 Å². The standard InChI is InChI=1S/C21H15BrN2O3S2/c1-26-17-7-6-13(22)10-15(17)21-23-14(12-28-21)11-27-20(25)9-8-19-24-16-4-2-3-5-18(16)29-19/h2-10,12H,11H2,1H3/b9-8+. The Kier molecular flexibility index (Phi) is 6.03. The summed E-state index contributed by atoms with van der Waals surface area (Å²) in [5.74, 6) is 0.309. The van der Waals surface area contributed by atoms with Crippen LogP contribution in [-0.4, -0.2) is 23.0 Å². The summed E-state index contributed by atoms with van der Waals surface area (Å²) in [6.45, 7) is 0.107. The van der Waals surface area contributed by atoms with Crippen LogP contribution in [0.3, 0.4) is 0 Å². The molecule has 8 heteroatoms. The van der Waals surface area contributed by atoms with Gasteiger partial charge in [0.1, 0.15) is 22.4 Å². The van der Waals surface area contributed by atoms with Gasteiger partial charge in [0.15, 0.2) is 0 Å². The number of rotatable bonds is 6. The first kappa shape index (κ1) is 19.8. The van der Waals surface area contributed by atoms with Gasteiger partial charge >= 0.3 is 5.97 Å². The molecule has 0 spiro atoms. The van der Waals surface area contributed by atoms with E-state index in [2.05, 4.69) is 25.9 Å². The molecule has 5 nitrogen and oxygen atoms in total. The van der Waals surface area contributed by atoms with Gasteiger partial charge in [0.25, 0.3) is 0 Å². The molecule has 29 heavy (non-hydrogen) atoms. The number of hydrogen-bond donors (Lipinski definition) is 0. The molecule has 0 amide bonds. The number of hydrogen-bond acceptors (Lipinski definition) is 7. The van der Waals surface area contributed by atoms with Crippen molar-refractivity contribution in [2.45, 2.75) is 6.61 Å². The van der Waals surface area contributed by atoms with Gasteiger partial charge in [-0.05, 0) is 36.4 Å². The van der Waals surface area contributed by atoms with Gasteiger partial charge in [0.05, 0.1) is 28.6 Å². The molecule has 0 aliphatic rings. The third-order valence-electron chi connectivity index (χ3n) is 3.98. The molecule has 0 saturated carbocycles. The van der Waals surface area contributed by atoms with Gasteiger partial charge in [0, 0.05) is 15.9 Å². The zero-order valence-electron chi connectivity index (χ0n) is 15.3. The number of carbonyl (C=O) groups is 1. The third kappa shape index (κ3) is 4.72. The highest BCUT2D eigenvalue weighted by molar-refractivity contribution is 9.10. The lowest BCUT2D eigenvalue weighted by Gasteiger charge is -2.06. The Hall–Kier alpha value is -2.55. The van der Waals surface area contributed by atoms with Crippen molar-refractivity contribution in [3.8, 4) is 16.3 Å². The summed E-state index contributed by atoms with van der Waals surface area (Å²) < 4.78 is 12.7. The van der Waals surface area contributed by atoms with Crippen LogP contribution >= 0.6 is 38.6 Å². The molecule has 0 radical (unpaired) electrons. The lowest BCUT2D eigenvalue weighted by atomic mass is 10.2. The quantitative estimate of drug-likeness (QED) is 0.249. The summed E-state index contributed by atoms with van der Waals surface area (Å²) in [4.78, 5) is 21.1. The number of para-hydroxylation sites is 1. The summed E-state index contributed by atoms with van der Waals surface area (Å²) >= 11 is 6.47. The minimum Gasteiger partial charge on any atom is -0.496 e. The van der Waals surface area contributed by atoms with Crippen molar-refractivity contribution in [1.82, 2.24) is 9.97 Å². The van der Waals surface area contributed by atoms with E-state index >= 15 is 0 Å². The van der Waals surface area contributed by atoms with E-state index in [9.17, 15) is 4.79 Å². The number of esters is 1. The maximum absolute atomic E-state index is 12.0. The number of benzene rings is 2. The molecule has 2 heterocycles. The molecule has 2 aromatic heterocycles. The molecule has 146 valence electrons. The van der Waals surface area contributed by atoms with Crippen LogP contribution in [-0.2, 0) is 16.1 Å². The maximum Gasteiger partial charge on any atom is 0.331 e. The van der Waals surface area contributed by atoms with E-state index in [0.717, 1.165) is 36.0 Å². The zero-order chi connectivity index (χ0) is 20.2. The van der Waals surface area contributed by atoms with E-state index in [1.165, 1.54) is 28.7 Å². The van der Waals surface area contributed by atoms with E-state index in [-0.39, 0.29) is 6.61 Å². The van der Waals surface area contributed by atoms with Crippen molar-refractivity contribution in [2.24, 2.45) is 0 Å². The number of fused-ring (bicyclic) bond motifs is 1. The molecule has 4 aromatic rings. The van der Waals surface area contributed by atoms with Crippen molar-refractivity contribution >= 4 is 60.9 Å². The Morgan fingerprint density at radius 2 is 2.07 bits per heavy atom. The second-order valence-electron chi connectivity index (χ2n) is 5.95. The fraction of sp³-hybridized carbons (Fsp3) is 0.0952. The van der Waals surface area contributed by atoms with Crippen LogP contribution in [0, 0.1) is 0 Å². The largest absolute Gasteiger partial charge is 0.496 e. The van der Waals surface area contributed by atoms with Gasteiger partial charge in [-0.3, -0.25) is 0 Å². The molecule has 0 N–H and O–H groups in total. The first-order valence-corrected chi connectivity index (χ1v) is 11.1. The van der Waals surface area contributed by atoms with Crippen LogP contribution in [0.2, 0.25) is 0 Å². The van der Waals surface area contributed by atoms with Crippen molar-refractivity contribution in [3.63, 3.8) is 0 Å². The Bertz CT molecular complexity index is 1170. The van der Waals surface area contributed by atoms with Gasteiger partial charge in [-0.2, -0.15) is 0 Å². The molecule has 0 atom stereocenters. The van der Waals surface area contributed by atoms with E-state index in [0.29, 0.717) is 5.69 Å². The normalized spacial score (nSPS) is 11.2. The number of halogens is 1. The Balaban J connectivity index is 1.39. The predicted molar refractivity (Wildman–Crippen MR) is 120 cm³/mol. The number of ether oxygens (including phenoxy) is 2. The molecule has 0 aliphatic carbocycles. The molecule has 0 unspecified atom stereocenters. The molecule has 4 rings (SSSR count). The Labute approximate surface area is 183 Å². The van der Waals surface area contributed by atoms with Crippen molar-refractivity contribution < 1.29 is 14.3 Å². The van der Waals surface area contributed by atoms with Gasteiger partial charge in [-0.25, -0.2) is 14.8 Å². The number of aromatic nitrogens is 2. The summed E-state index contributed by atoms with van der Waals surface area (Å²) in [6.07, 6.45) is 3.06. The first-order valence-electron chi connectivity index (χ1n) is 8.61. The molecule has 2 aromatic carbocycles. The summed E-state index contributed by atoms with van der Waals surface area (Å²) in [5, 5.41) is 3.44. The number of carbonyl (C=O) groups excluding carboxylic acids is 1. The smallest absolute Gasteiger partial charge is 0.331 e. The fourth-order valence-corrected chi connectivity index (χ4v) is 4.69. The molecular formula is C21H15BrN2O3S2. The zero-order valence-corrected chi connectivity index (χ0v) is 18.5. The second-order valence-corrected chi connectivity index (χ2v) is 8.79. The first-order chi connectivity index (χ1) is 14.1. The van der Waals surface area contributed by atoms with E-state index in [1.807, 2.05) is 47.8 Å². The van der Waals surface area contributed by atoms with E-state index < -0.39 is 5.97 Å². The summed E-state index contributed by atoms with van der Waals surface area (Å²) in [7, 11) is 1.63. The SMILES string of the molecule is COc1ccc(Br)cc1-c1nc(COC(=O)/C=C/c2nc3ccccc3s2)cs1. The Morgan fingerprint density at radius 1 is 1.21 bits per heavy atom. The average Bonchev–Trinajstić information content (AvgIpc) is 3.37. The van der Waals surface area contributed by atoms with E-state index in [4.69, 9.17) is 9.47 Å². The lowest BCUT2D eigenvalue weighted by molar-refractivity contribution is -0.139. The van der Waals surface area contributed by atoms with Crippen molar-refractivity contribution in [3.05, 3.63) is 69.1 Å². The Morgan fingerprint density at radius 3 is 2.90 bits per heavy atom. The van der Waals surface area contributed by atoms with Gasteiger partial charge in [-0.1, -0.05) is 28.1 Å². The van der Waals surface area contributed by atoms with Crippen LogP contribution in [0.1, 0.15) is 10.7 Å². The molecule has 0 fully saturated rings. The molecular weight excluding hydrogens is 472 g/mol. The molecule has 0 aliphatic heterocycles. The highest BCUT2D eigenvalue weighted by Gasteiger charge is 2.12. The summed E-state index contributed by atoms with van der Waals surface area (Å²) in [5.41, 5.74) is 2.50. The number of methoxy groups -OCH3 is 1. The van der Waals surface area contributed by atoms with Crippen LogP contribution < -0.4 is 4.74 Å². The molecule has 0 bridgehead atoms. The highest BCUT2D eigenvalue weighted by atomic mass is 79.9. The predicted octanol–water partition coefficient (Wildman–Crippen LogP) is 5.95. The van der Waals surface area contributed by atoms with E-state index in [1.54, 1.807) is 13.2 Å². The average molecular weight is 487 g/mol. The van der Waals surface area contributed by atoms with Crippen LogP contribution in [0.5, 0.6) is 5.75 Å². The number of thiazole rings is 2. The summed E-state index contributed by atoms with van der Waals surface area (Å²) in [6, 6.07) is 13.6. The van der Waals surface area contributed by atoms with Crippen LogP contribution in [0.4, 0.5) is 0 Å². The minimum absolute atomic E-state index is 0.107. The van der Waals surface area contributed by atoms with Crippen molar-refractivity contribution in [2.75, 3.05) is 7.11 Å². The van der Waals surface area contributed by atoms with Crippen molar-refractivity contribution in [1.29, 1.82) is 0 Å². The topological polar surface area (TPSA) is 61.3 Å². The fourth-order valence-electron chi connectivity index (χ4n) is 2.64.